The molecule has 1 aromatic heterocycles. The van der Waals surface area contributed by atoms with Crippen LogP contribution >= 0.6 is 0 Å². The number of terminal acetylenes is 1. The van der Waals surface area contributed by atoms with E-state index in [2.05, 4.69) is 10.9 Å². The largest absolute Gasteiger partial charge is 1.00 e. The number of nitrogens with zero attached hydrogens (tertiary/aromatic N) is 1. The Morgan fingerprint density at radius 1 is 1.58 bits per heavy atom. The topological polar surface area (TPSA) is 53.0 Å². The smallest absolute Gasteiger partial charge is 0.543 e. The van der Waals surface area contributed by atoms with Crippen LogP contribution in [-0.4, -0.2) is 11.0 Å². The predicted molar refractivity (Wildman–Crippen MR) is 36.5 cm³/mol. The summed E-state index contributed by atoms with van der Waals surface area (Å²) in [4.78, 5) is 13.8. The number of carboxylic acid groups (broad SMARTS) is 1. The first-order valence-electron chi connectivity index (χ1n) is 2.89. The van der Waals surface area contributed by atoms with Crippen molar-refractivity contribution in [1.29, 1.82) is 0 Å². The average molecular weight is 153 g/mol. The first-order valence-corrected chi connectivity index (χ1v) is 2.89. The maximum Gasteiger partial charge on any atom is 1.00 e. The van der Waals surface area contributed by atoms with E-state index in [1.807, 2.05) is 0 Å². The number of aromatic nitrogens is 1. The SMILES string of the molecule is C#Cc1cccc(C(=O)[O-])n1.[Li+]. The first-order chi connectivity index (χ1) is 5.24. The Labute approximate surface area is 82.0 Å². The number of rotatable bonds is 1. The minimum atomic E-state index is -1.32. The van der Waals surface area contributed by atoms with Gasteiger partial charge >= 0.3 is 18.9 Å². The van der Waals surface area contributed by atoms with E-state index >= 15 is 0 Å². The molecule has 0 spiro atoms. The molecule has 0 fully saturated rings. The van der Waals surface area contributed by atoms with Gasteiger partial charge in [-0.3, -0.25) is 0 Å². The molecule has 0 N–H and O–H groups in total. The second-order valence-electron chi connectivity index (χ2n) is 1.84. The van der Waals surface area contributed by atoms with Crippen molar-refractivity contribution in [2.24, 2.45) is 0 Å². The average Bonchev–Trinajstić information content (AvgIpc) is 2.05. The molecule has 0 aliphatic rings. The number of pyridine rings is 1. The number of hydrogen-bond donors (Lipinski definition) is 0. The fourth-order valence-corrected chi connectivity index (χ4v) is 0.629. The summed E-state index contributed by atoms with van der Waals surface area (Å²) in [5.41, 5.74) is 0.159. The van der Waals surface area contributed by atoms with Crippen molar-refractivity contribution < 1.29 is 28.8 Å². The molecule has 0 aromatic carbocycles. The second-order valence-corrected chi connectivity index (χ2v) is 1.84. The Morgan fingerprint density at radius 2 is 2.25 bits per heavy atom. The fourth-order valence-electron chi connectivity index (χ4n) is 0.629. The minimum Gasteiger partial charge on any atom is -0.543 e. The van der Waals surface area contributed by atoms with Crippen molar-refractivity contribution in [1.82, 2.24) is 4.98 Å². The molecule has 0 saturated carbocycles. The molecule has 3 nitrogen and oxygen atoms in total. The maximum atomic E-state index is 10.2. The summed E-state index contributed by atoms with van der Waals surface area (Å²) in [5, 5.41) is 10.2. The summed E-state index contributed by atoms with van der Waals surface area (Å²) in [5.74, 6) is 0.903. The summed E-state index contributed by atoms with van der Waals surface area (Å²) in [6, 6.07) is 4.40. The number of carbonyl (C=O) groups excluding carboxylic acids is 1. The molecule has 0 aliphatic heterocycles. The van der Waals surface area contributed by atoms with E-state index in [0.717, 1.165) is 0 Å². The van der Waals surface area contributed by atoms with Gasteiger partial charge in [0, 0.05) is 0 Å². The third-order valence-electron chi connectivity index (χ3n) is 1.11. The summed E-state index contributed by atoms with van der Waals surface area (Å²) in [6.07, 6.45) is 4.99. The molecule has 0 saturated heterocycles. The van der Waals surface area contributed by atoms with Gasteiger partial charge in [0.2, 0.25) is 0 Å². The van der Waals surface area contributed by atoms with Gasteiger partial charge in [-0.2, -0.15) is 0 Å². The monoisotopic (exact) mass is 153 g/mol. The molecule has 1 rings (SSSR count). The van der Waals surface area contributed by atoms with Crippen LogP contribution in [0.1, 0.15) is 16.2 Å². The van der Waals surface area contributed by atoms with E-state index in [4.69, 9.17) is 6.42 Å². The van der Waals surface area contributed by atoms with Crippen molar-refractivity contribution in [2.75, 3.05) is 0 Å². The standard InChI is InChI=1S/C8H5NO2.Li/c1-2-6-4-3-5-7(9-6)8(10)11;/h1,3-5H,(H,10,11);/q;+1/p-1. The van der Waals surface area contributed by atoms with Crippen molar-refractivity contribution in [2.45, 2.75) is 0 Å². The van der Waals surface area contributed by atoms with Crippen molar-refractivity contribution >= 4 is 5.97 Å². The Bertz CT molecular complexity index is 330. The van der Waals surface area contributed by atoms with E-state index in [1.54, 1.807) is 6.07 Å². The molecule has 1 heterocycles. The van der Waals surface area contributed by atoms with E-state index in [1.165, 1.54) is 12.1 Å². The number of hydrogen-bond acceptors (Lipinski definition) is 3. The van der Waals surface area contributed by atoms with Crippen LogP contribution in [0.3, 0.4) is 0 Å². The predicted octanol–water partition coefficient (Wildman–Crippen LogP) is -3.57. The second kappa shape index (κ2) is 4.61. The molecule has 4 heteroatoms. The summed E-state index contributed by atoms with van der Waals surface area (Å²) < 4.78 is 0. The zero-order valence-corrected chi connectivity index (χ0v) is 6.57. The maximum absolute atomic E-state index is 10.2. The summed E-state index contributed by atoms with van der Waals surface area (Å²) >= 11 is 0. The Morgan fingerprint density at radius 3 is 2.75 bits per heavy atom. The van der Waals surface area contributed by atoms with Crippen LogP contribution in [0.4, 0.5) is 0 Å². The summed E-state index contributed by atoms with van der Waals surface area (Å²) in [7, 11) is 0. The van der Waals surface area contributed by atoms with Gasteiger partial charge in [0.05, 0.1) is 11.7 Å². The van der Waals surface area contributed by atoms with Crippen LogP contribution in [0.15, 0.2) is 18.2 Å². The van der Waals surface area contributed by atoms with Gasteiger partial charge in [-0.25, -0.2) is 4.98 Å². The van der Waals surface area contributed by atoms with E-state index in [-0.39, 0.29) is 24.6 Å². The Kier molecular flexibility index (Phi) is 4.14. The van der Waals surface area contributed by atoms with Crippen LogP contribution in [0.2, 0.25) is 0 Å². The van der Waals surface area contributed by atoms with Gasteiger partial charge in [-0.1, -0.05) is 12.0 Å². The van der Waals surface area contributed by atoms with Gasteiger partial charge in [0.15, 0.2) is 0 Å². The number of carboxylic acids is 1. The van der Waals surface area contributed by atoms with Crippen LogP contribution < -0.4 is 24.0 Å². The van der Waals surface area contributed by atoms with Gasteiger partial charge in [-0.15, -0.1) is 6.42 Å². The fraction of sp³-hybridized carbons (Fsp3) is 0. The van der Waals surface area contributed by atoms with Crippen molar-refractivity contribution in [3.8, 4) is 12.3 Å². The molecule has 0 radical (unpaired) electrons. The molecule has 0 atom stereocenters. The van der Waals surface area contributed by atoms with Crippen LogP contribution in [0.5, 0.6) is 0 Å². The molecule has 54 valence electrons. The van der Waals surface area contributed by atoms with E-state index in [0.29, 0.717) is 5.69 Å². The van der Waals surface area contributed by atoms with Crippen LogP contribution in [-0.2, 0) is 0 Å². The normalized spacial score (nSPS) is 7.92. The van der Waals surface area contributed by atoms with Crippen molar-refractivity contribution in [3.63, 3.8) is 0 Å². The molecule has 0 aliphatic carbocycles. The number of carbonyl (C=O) groups is 1. The molecular weight excluding hydrogens is 149 g/mol. The van der Waals surface area contributed by atoms with E-state index in [9.17, 15) is 9.90 Å². The molecule has 0 amide bonds. The number of aromatic carboxylic acids is 1. The first kappa shape index (κ1) is 10.8. The summed E-state index contributed by atoms with van der Waals surface area (Å²) in [6.45, 7) is 0. The van der Waals surface area contributed by atoms with Crippen molar-refractivity contribution in [3.05, 3.63) is 29.6 Å². The van der Waals surface area contributed by atoms with Gasteiger partial charge < -0.3 is 9.90 Å². The Hall–Kier alpha value is -1.22. The quantitative estimate of drug-likeness (QED) is 0.310. The van der Waals surface area contributed by atoms with Crippen LogP contribution in [0.25, 0.3) is 0 Å². The zero-order valence-electron chi connectivity index (χ0n) is 6.57. The molecular formula is C8H4LiNO2. The van der Waals surface area contributed by atoms with Gasteiger partial charge in [0.25, 0.3) is 0 Å². The zero-order chi connectivity index (χ0) is 8.27. The molecule has 0 unspecified atom stereocenters. The van der Waals surface area contributed by atoms with Gasteiger partial charge in [-0.05, 0) is 12.1 Å². The molecule has 1 aromatic rings. The molecule has 0 bridgehead atoms. The van der Waals surface area contributed by atoms with Crippen LogP contribution in [0, 0.1) is 12.3 Å². The third-order valence-corrected chi connectivity index (χ3v) is 1.11. The van der Waals surface area contributed by atoms with E-state index < -0.39 is 5.97 Å². The Balaban J connectivity index is 0.00000121. The molecule has 12 heavy (non-hydrogen) atoms. The van der Waals surface area contributed by atoms with Gasteiger partial charge in [0.1, 0.15) is 5.69 Å². The third kappa shape index (κ3) is 2.43. The minimum absolute atomic E-state index is 0.